The van der Waals surface area contributed by atoms with Crippen LogP contribution < -0.4 is 10.1 Å². The fourth-order valence-electron chi connectivity index (χ4n) is 4.19. The molecule has 8 nitrogen and oxygen atoms in total. The Bertz CT molecular complexity index is 852. The molecule has 2 N–H and O–H groups in total. The van der Waals surface area contributed by atoms with E-state index < -0.39 is 11.7 Å². The maximum Gasteiger partial charge on any atom is 0.410 e. The van der Waals surface area contributed by atoms with E-state index in [4.69, 9.17) is 9.47 Å². The van der Waals surface area contributed by atoms with Gasteiger partial charge in [0.25, 0.3) is 0 Å². The molecule has 1 aliphatic carbocycles. The SMILES string of the molecule is C[C@H](O)CNC(=O)C1CC=C(c2ccc(OCC3CCN(C(=O)OC(C)(C)C)CC3)nc2)CC1. The molecule has 0 bridgehead atoms. The fraction of sp³-hybridized carbons (Fsp3) is 0.654. The summed E-state index contributed by atoms with van der Waals surface area (Å²) in [5.41, 5.74) is 1.78. The Balaban J connectivity index is 1.41. The summed E-state index contributed by atoms with van der Waals surface area (Å²) in [4.78, 5) is 30.6. The van der Waals surface area contributed by atoms with Crippen LogP contribution in [0.2, 0.25) is 0 Å². The summed E-state index contributed by atoms with van der Waals surface area (Å²) in [6.07, 6.45) is 7.26. The Morgan fingerprint density at radius 3 is 2.53 bits per heavy atom. The van der Waals surface area contributed by atoms with Crippen LogP contribution in [0.15, 0.2) is 24.4 Å². The quantitative estimate of drug-likeness (QED) is 0.625. The van der Waals surface area contributed by atoms with Crippen molar-refractivity contribution in [2.45, 2.75) is 71.5 Å². The Kier molecular flexibility index (Phi) is 8.94. The van der Waals surface area contributed by atoms with Crippen molar-refractivity contribution >= 4 is 17.6 Å². The number of amides is 2. The van der Waals surface area contributed by atoms with E-state index in [1.54, 1.807) is 11.8 Å². The van der Waals surface area contributed by atoms with Crippen molar-refractivity contribution in [2.75, 3.05) is 26.2 Å². The van der Waals surface area contributed by atoms with Gasteiger partial charge in [0, 0.05) is 37.8 Å². The summed E-state index contributed by atoms with van der Waals surface area (Å²) >= 11 is 0. The van der Waals surface area contributed by atoms with Gasteiger partial charge in [-0.05, 0) is 82.9 Å². The van der Waals surface area contributed by atoms with Crippen LogP contribution in [0, 0.1) is 11.8 Å². The van der Waals surface area contributed by atoms with Gasteiger partial charge in [-0.2, -0.15) is 0 Å². The van der Waals surface area contributed by atoms with E-state index in [1.807, 2.05) is 39.1 Å². The molecule has 1 aromatic heterocycles. The third-order valence-corrected chi connectivity index (χ3v) is 6.19. The van der Waals surface area contributed by atoms with Crippen LogP contribution >= 0.6 is 0 Å². The fourth-order valence-corrected chi connectivity index (χ4v) is 4.19. The highest BCUT2D eigenvalue weighted by molar-refractivity contribution is 5.80. The zero-order chi connectivity index (χ0) is 24.7. The van der Waals surface area contributed by atoms with Crippen molar-refractivity contribution < 1.29 is 24.2 Å². The number of carbonyl (C=O) groups excluding carboxylic acids is 2. The molecule has 8 heteroatoms. The maximum absolute atomic E-state index is 12.2. The second-order valence-corrected chi connectivity index (χ2v) is 10.4. The van der Waals surface area contributed by atoms with Gasteiger partial charge < -0.3 is 24.8 Å². The molecular formula is C26H39N3O5. The van der Waals surface area contributed by atoms with Gasteiger partial charge in [-0.1, -0.05) is 6.08 Å². The molecule has 0 radical (unpaired) electrons. The molecule has 2 amide bonds. The lowest BCUT2D eigenvalue weighted by molar-refractivity contribution is -0.125. The van der Waals surface area contributed by atoms with Gasteiger partial charge in [-0.3, -0.25) is 4.79 Å². The van der Waals surface area contributed by atoms with E-state index in [2.05, 4.69) is 16.4 Å². The highest BCUT2D eigenvalue weighted by Gasteiger charge is 2.27. The number of likely N-dealkylation sites (tertiary alicyclic amines) is 1. The predicted octanol–water partition coefficient (Wildman–Crippen LogP) is 3.79. The number of carbonyl (C=O) groups is 2. The number of nitrogens with one attached hydrogen (secondary N) is 1. The highest BCUT2D eigenvalue weighted by atomic mass is 16.6. The topological polar surface area (TPSA) is 101 Å². The molecule has 188 valence electrons. The van der Waals surface area contributed by atoms with Gasteiger partial charge in [0.2, 0.25) is 11.8 Å². The van der Waals surface area contributed by atoms with Gasteiger partial charge in [0.15, 0.2) is 0 Å². The number of ether oxygens (including phenoxy) is 2. The summed E-state index contributed by atoms with van der Waals surface area (Å²) in [6.45, 7) is 9.54. The summed E-state index contributed by atoms with van der Waals surface area (Å²) in [5.74, 6) is 0.957. The Labute approximate surface area is 202 Å². The van der Waals surface area contributed by atoms with Gasteiger partial charge in [-0.25, -0.2) is 9.78 Å². The predicted molar refractivity (Wildman–Crippen MR) is 130 cm³/mol. The zero-order valence-corrected chi connectivity index (χ0v) is 20.9. The number of nitrogens with zero attached hydrogens (tertiary/aromatic N) is 2. The highest BCUT2D eigenvalue weighted by Crippen LogP contribution is 2.30. The van der Waals surface area contributed by atoms with E-state index in [9.17, 15) is 14.7 Å². The first-order chi connectivity index (χ1) is 16.1. The Morgan fingerprint density at radius 1 is 1.24 bits per heavy atom. The molecule has 3 rings (SSSR count). The first kappa shape index (κ1) is 26.0. The van der Waals surface area contributed by atoms with E-state index in [0.29, 0.717) is 44.5 Å². The molecule has 1 saturated heterocycles. The van der Waals surface area contributed by atoms with Crippen LogP contribution in [0.4, 0.5) is 4.79 Å². The maximum atomic E-state index is 12.2. The van der Waals surface area contributed by atoms with Gasteiger partial charge >= 0.3 is 6.09 Å². The molecule has 1 aromatic rings. The van der Waals surface area contributed by atoms with E-state index in [-0.39, 0.29) is 17.9 Å². The molecule has 0 saturated carbocycles. The molecular weight excluding hydrogens is 434 g/mol. The van der Waals surface area contributed by atoms with Crippen LogP contribution in [0.5, 0.6) is 5.88 Å². The van der Waals surface area contributed by atoms with E-state index >= 15 is 0 Å². The lowest BCUT2D eigenvalue weighted by Crippen LogP contribution is -2.42. The molecule has 0 aromatic carbocycles. The average molecular weight is 474 g/mol. The Hall–Kier alpha value is -2.61. The first-order valence-electron chi connectivity index (χ1n) is 12.3. The number of allylic oxidation sites excluding steroid dienone is 2. The van der Waals surface area contributed by atoms with Crippen LogP contribution in [0.25, 0.3) is 5.57 Å². The molecule has 2 heterocycles. The third kappa shape index (κ3) is 8.01. The average Bonchev–Trinajstić information content (AvgIpc) is 2.81. The smallest absolute Gasteiger partial charge is 0.410 e. The summed E-state index contributed by atoms with van der Waals surface area (Å²) < 4.78 is 11.4. The molecule has 0 spiro atoms. The van der Waals surface area contributed by atoms with Crippen molar-refractivity contribution in [1.82, 2.24) is 15.2 Å². The van der Waals surface area contributed by atoms with Crippen LogP contribution in [0.3, 0.4) is 0 Å². The van der Waals surface area contributed by atoms with Gasteiger partial charge in [-0.15, -0.1) is 0 Å². The number of piperidine rings is 1. The van der Waals surface area contributed by atoms with Crippen molar-refractivity contribution in [3.8, 4) is 5.88 Å². The number of aliphatic hydroxyl groups excluding tert-OH is 1. The summed E-state index contributed by atoms with van der Waals surface area (Å²) in [7, 11) is 0. The number of aliphatic hydroxyl groups is 1. The van der Waals surface area contributed by atoms with Gasteiger partial charge in [0.1, 0.15) is 5.60 Å². The molecule has 2 aliphatic rings. The number of aromatic nitrogens is 1. The minimum absolute atomic E-state index is 0.00926. The largest absolute Gasteiger partial charge is 0.477 e. The van der Waals surface area contributed by atoms with Crippen molar-refractivity contribution in [3.05, 3.63) is 30.0 Å². The lowest BCUT2D eigenvalue weighted by atomic mass is 9.86. The van der Waals surface area contributed by atoms with Crippen molar-refractivity contribution in [1.29, 1.82) is 0 Å². The number of rotatable bonds is 7. The minimum atomic E-state index is -0.532. The van der Waals surface area contributed by atoms with Gasteiger partial charge in [0.05, 0.1) is 12.7 Å². The second kappa shape index (κ2) is 11.7. The number of hydrogen-bond donors (Lipinski definition) is 2. The molecule has 2 atom stereocenters. The van der Waals surface area contributed by atoms with Crippen molar-refractivity contribution in [3.63, 3.8) is 0 Å². The lowest BCUT2D eigenvalue weighted by Gasteiger charge is -2.33. The summed E-state index contributed by atoms with van der Waals surface area (Å²) in [5, 5.41) is 12.1. The molecule has 1 fully saturated rings. The molecule has 1 aliphatic heterocycles. The second-order valence-electron chi connectivity index (χ2n) is 10.4. The normalized spacial score (nSPS) is 20.3. The van der Waals surface area contributed by atoms with E-state index in [0.717, 1.165) is 31.2 Å². The number of hydrogen-bond acceptors (Lipinski definition) is 6. The van der Waals surface area contributed by atoms with Crippen LogP contribution in [-0.4, -0.2) is 64.9 Å². The minimum Gasteiger partial charge on any atom is -0.477 e. The first-order valence-corrected chi connectivity index (χ1v) is 12.3. The molecule has 1 unspecified atom stereocenters. The van der Waals surface area contributed by atoms with E-state index in [1.165, 1.54) is 5.57 Å². The number of pyridine rings is 1. The van der Waals surface area contributed by atoms with Crippen LogP contribution in [-0.2, 0) is 9.53 Å². The van der Waals surface area contributed by atoms with Crippen LogP contribution in [0.1, 0.15) is 65.4 Å². The third-order valence-electron chi connectivity index (χ3n) is 6.19. The Morgan fingerprint density at radius 2 is 1.97 bits per heavy atom. The van der Waals surface area contributed by atoms with Crippen molar-refractivity contribution in [2.24, 2.45) is 11.8 Å². The molecule has 34 heavy (non-hydrogen) atoms. The standard InChI is InChI=1S/C26H39N3O5/c1-18(30)15-28-24(31)21-7-5-20(6-8-21)22-9-10-23(27-16-22)33-17-19-11-13-29(14-12-19)25(32)34-26(2,3)4/h5,9-10,16,18-19,21,30H,6-8,11-15,17H2,1-4H3,(H,28,31)/t18-,21?/m0/s1. The zero-order valence-electron chi connectivity index (χ0n) is 20.9. The monoisotopic (exact) mass is 473 g/mol. The summed E-state index contributed by atoms with van der Waals surface area (Å²) in [6, 6.07) is 3.92.